The molecule has 0 saturated heterocycles. The molecule has 0 aliphatic heterocycles. The molecule has 0 spiro atoms. The lowest BCUT2D eigenvalue weighted by Crippen LogP contribution is -2.59. The molecule has 4 fully saturated rings. The molecule has 6 heteroatoms. The van der Waals surface area contributed by atoms with Gasteiger partial charge < -0.3 is 9.47 Å². The van der Waals surface area contributed by atoms with Gasteiger partial charge in [-0.15, -0.1) is 0 Å². The smallest absolute Gasteiger partial charge is 0.293 e. The van der Waals surface area contributed by atoms with Gasteiger partial charge in [-0.05, 0) is 110 Å². The molecule has 32 heavy (non-hydrogen) atoms. The predicted octanol–water partition coefficient (Wildman–Crippen LogP) is 5.52. The third-order valence-corrected chi connectivity index (χ3v) is 10.8. The van der Waals surface area contributed by atoms with E-state index in [1.54, 1.807) is 0 Å². The zero-order valence-corrected chi connectivity index (χ0v) is 20.5. The van der Waals surface area contributed by atoms with Crippen LogP contribution in [0.25, 0.3) is 0 Å². The van der Waals surface area contributed by atoms with Gasteiger partial charge in [0.05, 0.1) is 0 Å². The Morgan fingerprint density at radius 2 is 1.69 bits per heavy atom. The molecule has 0 N–H and O–H groups in total. The Labute approximate surface area is 197 Å². The van der Waals surface area contributed by atoms with Crippen molar-refractivity contribution in [3.63, 3.8) is 0 Å². The number of hydrogen-bond donors (Lipinski definition) is 0. The monoisotopic (exact) mass is 466 g/mol. The maximum Gasteiger partial charge on any atom is 0.293 e. The standard InChI is InChI=1S/C26H39ClO5/c1-16(4-7-23(27)30)19-5-6-20-24-21(9-11-26(19,20)3)25(2)10-8-18(31-14-28)12-17(25)13-22(24)32-15-29/h14-22,24H,4-13H2,1-3H3/t16-,17+,18-,19-,20+,21+,22-,24+,25+,26-/m1/s1. The van der Waals surface area contributed by atoms with E-state index >= 15 is 0 Å². The van der Waals surface area contributed by atoms with Gasteiger partial charge in [-0.2, -0.15) is 0 Å². The minimum Gasteiger partial charge on any atom is -0.465 e. The second kappa shape index (κ2) is 9.27. The predicted molar refractivity (Wildman–Crippen MR) is 122 cm³/mol. The second-order valence-electron chi connectivity index (χ2n) is 11.7. The summed E-state index contributed by atoms with van der Waals surface area (Å²) in [6.45, 7) is 8.44. The van der Waals surface area contributed by atoms with Crippen molar-refractivity contribution in [1.29, 1.82) is 0 Å². The molecular weight excluding hydrogens is 428 g/mol. The average molecular weight is 467 g/mol. The summed E-state index contributed by atoms with van der Waals surface area (Å²) < 4.78 is 11.2. The van der Waals surface area contributed by atoms with Crippen LogP contribution in [0.1, 0.15) is 85.0 Å². The van der Waals surface area contributed by atoms with Crippen molar-refractivity contribution in [1.82, 2.24) is 0 Å². The van der Waals surface area contributed by atoms with Gasteiger partial charge in [-0.25, -0.2) is 0 Å². The molecule has 0 aromatic heterocycles. The molecule has 0 heterocycles. The van der Waals surface area contributed by atoms with E-state index in [2.05, 4.69) is 20.8 Å². The maximum absolute atomic E-state index is 11.5. The minimum atomic E-state index is -0.236. The zero-order chi connectivity index (χ0) is 23.1. The van der Waals surface area contributed by atoms with Gasteiger partial charge >= 0.3 is 0 Å². The average Bonchev–Trinajstić information content (AvgIpc) is 3.10. The van der Waals surface area contributed by atoms with Gasteiger partial charge in [0.1, 0.15) is 12.2 Å². The number of halogens is 1. The van der Waals surface area contributed by atoms with Crippen molar-refractivity contribution in [3.05, 3.63) is 0 Å². The van der Waals surface area contributed by atoms with Gasteiger partial charge in [0.15, 0.2) is 0 Å². The summed E-state index contributed by atoms with van der Waals surface area (Å²) in [5.74, 6) is 2.96. The van der Waals surface area contributed by atoms with E-state index in [0.29, 0.717) is 54.9 Å². The molecule has 5 nitrogen and oxygen atoms in total. The Hall–Kier alpha value is -1.10. The van der Waals surface area contributed by atoms with Crippen LogP contribution in [0, 0.1) is 46.3 Å². The number of carbonyl (C=O) groups is 3. The minimum absolute atomic E-state index is 0.00536. The maximum atomic E-state index is 11.5. The molecule has 180 valence electrons. The van der Waals surface area contributed by atoms with Crippen LogP contribution in [0.4, 0.5) is 0 Å². The van der Waals surface area contributed by atoms with Gasteiger partial charge in [-0.1, -0.05) is 20.8 Å². The first-order valence-corrected chi connectivity index (χ1v) is 13.0. The largest absolute Gasteiger partial charge is 0.465 e. The summed E-state index contributed by atoms with van der Waals surface area (Å²) in [4.78, 5) is 33.8. The van der Waals surface area contributed by atoms with E-state index in [1.165, 1.54) is 25.7 Å². The molecule has 0 amide bonds. The van der Waals surface area contributed by atoms with Crippen molar-refractivity contribution < 1.29 is 23.9 Å². The molecule has 0 aromatic carbocycles. The summed E-state index contributed by atoms with van der Waals surface area (Å²) >= 11 is 5.64. The summed E-state index contributed by atoms with van der Waals surface area (Å²) in [7, 11) is 0. The van der Waals surface area contributed by atoms with Crippen molar-refractivity contribution in [3.8, 4) is 0 Å². The van der Waals surface area contributed by atoms with E-state index in [4.69, 9.17) is 21.1 Å². The van der Waals surface area contributed by atoms with Gasteiger partial charge in [-0.3, -0.25) is 14.4 Å². The lowest BCUT2D eigenvalue weighted by molar-refractivity contribution is -0.190. The van der Waals surface area contributed by atoms with E-state index in [-0.39, 0.29) is 28.3 Å². The van der Waals surface area contributed by atoms with Gasteiger partial charge in [0.25, 0.3) is 12.9 Å². The van der Waals surface area contributed by atoms with Gasteiger partial charge in [0.2, 0.25) is 5.24 Å². The molecule has 0 aromatic rings. The van der Waals surface area contributed by atoms with Crippen LogP contribution in [0.15, 0.2) is 0 Å². The number of rotatable bonds is 8. The normalized spacial score (nSPS) is 46.2. The quantitative estimate of drug-likeness (QED) is 0.348. The molecule has 0 radical (unpaired) electrons. The van der Waals surface area contributed by atoms with Crippen molar-refractivity contribution in [2.45, 2.75) is 97.2 Å². The topological polar surface area (TPSA) is 69.7 Å². The second-order valence-corrected chi connectivity index (χ2v) is 12.1. The fourth-order valence-electron chi connectivity index (χ4n) is 9.09. The molecular formula is C26H39ClO5. The summed E-state index contributed by atoms with van der Waals surface area (Å²) in [5.41, 5.74) is 0.438. The Balaban J connectivity index is 1.58. The number of hydrogen-bond acceptors (Lipinski definition) is 5. The van der Waals surface area contributed by atoms with Crippen LogP contribution in [-0.2, 0) is 23.9 Å². The van der Waals surface area contributed by atoms with E-state index < -0.39 is 0 Å². The molecule has 4 aliphatic carbocycles. The fourth-order valence-corrected chi connectivity index (χ4v) is 9.20. The Morgan fingerprint density at radius 1 is 1.00 bits per heavy atom. The summed E-state index contributed by atoms with van der Waals surface area (Å²) in [6, 6.07) is 0. The third kappa shape index (κ3) is 4.01. The van der Waals surface area contributed by atoms with Gasteiger partial charge in [0, 0.05) is 12.3 Å². The Bertz CT molecular complexity index is 727. The highest BCUT2D eigenvalue weighted by molar-refractivity contribution is 6.63. The van der Waals surface area contributed by atoms with Crippen LogP contribution in [-0.4, -0.2) is 30.4 Å². The molecule has 0 bridgehead atoms. The molecule has 4 rings (SSSR count). The first-order valence-electron chi connectivity index (χ1n) is 12.6. The molecule has 10 atom stereocenters. The zero-order valence-electron chi connectivity index (χ0n) is 19.8. The van der Waals surface area contributed by atoms with Crippen molar-refractivity contribution >= 4 is 29.8 Å². The molecule has 0 unspecified atom stereocenters. The SMILES string of the molecule is C[C@H](CCC(=O)Cl)[C@H]1CC[C@H]2[C@@H]3[C@H](OC=O)C[C@@H]4C[C@H](OC=O)CC[C@]4(C)[C@H]3CC[C@]12C. The van der Waals surface area contributed by atoms with Crippen LogP contribution >= 0.6 is 11.6 Å². The van der Waals surface area contributed by atoms with Crippen LogP contribution in [0.2, 0.25) is 0 Å². The highest BCUT2D eigenvalue weighted by Gasteiger charge is 2.63. The van der Waals surface area contributed by atoms with Crippen molar-refractivity contribution in [2.24, 2.45) is 46.3 Å². The Morgan fingerprint density at radius 3 is 2.38 bits per heavy atom. The Kier molecular flexibility index (Phi) is 6.96. The molecule has 4 saturated carbocycles. The number of ether oxygens (including phenoxy) is 2. The lowest BCUT2D eigenvalue weighted by atomic mass is 9.43. The van der Waals surface area contributed by atoms with E-state index in [1.807, 2.05) is 0 Å². The molecule has 4 aliphatic rings. The van der Waals surface area contributed by atoms with E-state index in [9.17, 15) is 14.4 Å². The van der Waals surface area contributed by atoms with Crippen LogP contribution in [0.3, 0.4) is 0 Å². The number of carbonyl (C=O) groups excluding carboxylic acids is 3. The lowest BCUT2D eigenvalue weighted by Gasteiger charge is -2.62. The summed E-state index contributed by atoms with van der Waals surface area (Å²) in [6.07, 6.45) is 9.75. The number of fused-ring (bicyclic) bond motifs is 5. The highest BCUT2D eigenvalue weighted by atomic mass is 35.5. The fraction of sp³-hybridized carbons (Fsp3) is 0.885. The first kappa shape index (κ1) is 24.0. The van der Waals surface area contributed by atoms with Crippen molar-refractivity contribution in [2.75, 3.05) is 0 Å². The van der Waals surface area contributed by atoms with E-state index in [0.717, 1.165) is 32.1 Å². The van der Waals surface area contributed by atoms with Crippen LogP contribution < -0.4 is 0 Å². The van der Waals surface area contributed by atoms with Crippen LogP contribution in [0.5, 0.6) is 0 Å². The highest BCUT2D eigenvalue weighted by Crippen LogP contribution is 2.68. The third-order valence-electron chi connectivity index (χ3n) is 10.6. The summed E-state index contributed by atoms with van der Waals surface area (Å²) in [5, 5.41) is -0.236. The first-order chi connectivity index (χ1) is 15.2.